The molecule has 2 aliphatic rings. The number of aliphatic carboxylic acids is 2. The summed E-state index contributed by atoms with van der Waals surface area (Å²) in [6, 6.07) is -3.44. The normalized spacial score (nSPS) is 20.2. The first-order chi connectivity index (χ1) is 37.7. The summed E-state index contributed by atoms with van der Waals surface area (Å²) in [7, 11) is 0. The molecule has 0 aliphatic carbocycles. The Morgan fingerprint density at radius 1 is 0.633 bits per heavy atom. The van der Waals surface area contributed by atoms with Crippen LogP contribution in [0, 0.1) is 5.92 Å². The van der Waals surface area contributed by atoms with Gasteiger partial charge in [-0.1, -0.05) is 13.8 Å². The Hall–Kier alpha value is -6.36. The monoisotopic (exact) mass is 1140 g/mol. The van der Waals surface area contributed by atoms with Crippen LogP contribution in [0.2, 0.25) is 0 Å². The van der Waals surface area contributed by atoms with Gasteiger partial charge in [0.05, 0.1) is 110 Å². The number of ether oxygens (including phenoxy) is 10. The van der Waals surface area contributed by atoms with E-state index in [0.29, 0.717) is 45.9 Å². The Balaban J connectivity index is 1.94. The molecule has 0 bridgehead atoms. The van der Waals surface area contributed by atoms with Gasteiger partial charge in [0.1, 0.15) is 18.3 Å². The highest BCUT2D eigenvalue weighted by Gasteiger charge is 2.47. The summed E-state index contributed by atoms with van der Waals surface area (Å²) in [5, 5.41) is 67.5. The fourth-order valence-electron chi connectivity index (χ4n) is 7.60. The maximum absolute atomic E-state index is 13.4. The van der Waals surface area contributed by atoms with Crippen LogP contribution in [0.15, 0.2) is 33.7 Å². The zero-order valence-corrected chi connectivity index (χ0v) is 44.9. The van der Waals surface area contributed by atoms with Crippen molar-refractivity contribution in [1.29, 1.82) is 0 Å². The average molecular weight is 1140 g/mol. The van der Waals surface area contributed by atoms with Gasteiger partial charge < -0.3 is 122 Å². The first kappa shape index (κ1) is 68.7. The molecule has 0 fully saturated rings. The van der Waals surface area contributed by atoms with E-state index in [0.717, 1.165) is 19.4 Å². The van der Waals surface area contributed by atoms with E-state index in [1.54, 1.807) is 11.8 Å². The van der Waals surface area contributed by atoms with Gasteiger partial charge in [-0.3, -0.25) is 9.59 Å². The third kappa shape index (κ3) is 27.4. The van der Waals surface area contributed by atoms with Crippen LogP contribution in [0.5, 0.6) is 0 Å². The van der Waals surface area contributed by atoms with Crippen LogP contribution in [0.3, 0.4) is 0 Å². The summed E-state index contributed by atoms with van der Waals surface area (Å²) in [6.45, 7) is 6.42. The predicted octanol–water partition coefficient (Wildman–Crippen LogP) is -4.45. The molecule has 0 radical (unpaired) electrons. The van der Waals surface area contributed by atoms with Gasteiger partial charge in [0.2, 0.25) is 23.3 Å². The van der Waals surface area contributed by atoms with Crippen LogP contribution in [0.4, 0.5) is 9.59 Å². The SMILES string of the molecule is CCCOCCOCCOCCOCCC(=O)N(CCCCNC(=O)O[C@@H]([C@@H]1OC(C(=O)O)=C[C@H](N=C(N)N)[C@H]1NC(C)=O)[C@H](O)CO)CCOCCOCCNC(=O)O[C@@H]([C@@H]1OC(C(=O)O)=C[C@H](N=C(N)N)[C@H]1C)[C@H](O)CO. The van der Waals surface area contributed by atoms with E-state index >= 15 is 0 Å². The van der Waals surface area contributed by atoms with Crippen molar-refractivity contribution in [2.45, 2.75) is 101 Å². The number of unbranched alkanes of at least 4 members (excludes halogenated alkanes) is 1. The van der Waals surface area contributed by atoms with Crippen LogP contribution >= 0.6 is 0 Å². The van der Waals surface area contributed by atoms with Gasteiger partial charge in [-0.2, -0.15) is 0 Å². The Labute approximate surface area is 457 Å². The number of carbonyl (C=O) groups excluding carboxylic acids is 4. The molecule has 32 nitrogen and oxygen atoms in total. The standard InChI is InChI=1S/C47H82N10O22/c1-4-12-70-16-20-74-22-23-75-21-17-71-13-7-36(63)57(10-6-5-8-52-46(68)79-40(33(62)27-59)41-37(54-29(3)60)31(56-45(50)51)25-35(77-41)43(66)67)11-15-73-19-18-72-14-9-53-47(69)78-39(32(61)26-58)38-28(2)30(55-44(48)49)24-34(76-38)42(64)65/h24-25,28,30-33,37-41,58-59,61-62H,4-23,26-27H2,1-3H3,(H,52,68)(H,53,69)(H,54,60)(H,64,65)(H,66,67)(H4,48,49,55)(H4,50,51,56)/t28-,30+,31+,32-,33-,37-,38-,39-,40-,41-/m1/s1. The summed E-state index contributed by atoms with van der Waals surface area (Å²) in [5.74, 6) is -6.68. The molecular weight excluding hydrogens is 1060 g/mol. The first-order valence-electron chi connectivity index (χ1n) is 25.6. The molecule has 452 valence electrons. The highest BCUT2D eigenvalue weighted by atomic mass is 16.6. The van der Waals surface area contributed by atoms with Crippen LogP contribution < -0.4 is 38.9 Å². The van der Waals surface area contributed by atoms with Gasteiger partial charge in [-0.25, -0.2) is 29.2 Å². The highest BCUT2D eigenvalue weighted by molar-refractivity contribution is 5.86. The smallest absolute Gasteiger partial charge is 0.407 e. The van der Waals surface area contributed by atoms with E-state index in [1.807, 2.05) is 6.92 Å². The molecule has 17 N–H and O–H groups in total. The summed E-state index contributed by atoms with van der Waals surface area (Å²) in [4.78, 5) is 84.6. The first-order valence-corrected chi connectivity index (χ1v) is 25.6. The zero-order chi connectivity index (χ0) is 58.7. The van der Waals surface area contributed by atoms with Gasteiger partial charge in [-0.05, 0) is 31.4 Å². The second kappa shape index (κ2) is 39.1. The average Bonchev–Trinajstić information content (AvgIpc) is 3.41. The molecule has 2 rings (SSSR count). The summed E-state index contributed by atoms with van der Waals surface area (Å²) in [5.41, 5.74) is 22.1. The lowest BCUT2D eigenvalue weighted by Crippen LogP contribution is -2.61. The minimum Gasteiger partial charge on any atom is -0.479 e. The minimum absolute atomic E-state index is 0.00670. The van der Waals surface area contributed by atoms with Gasteiger partial charge in [-0.15, -0.1) is 0 Å². The van der Waals surface area contributed by atoms with Gasteiger partial charge >= 0.3 is 24.1 Å². The molecule has 2 aliphatic heterocycles. The number of carboxylic acid groups (broad SMARTS) is 2. The second-order valence-electron chi connectivity index (χ2n) is 17.6. The number of guanidine groups is 2. The molecule has 0 saturated heterocycles. The van der Waals surface area contributed by atoms with E-state index in [9.17, 15) is 59.4 Å². The molecule has 0 aromatic rings. The van der Waals surface area contributed by atoms with Crippen molar-refractivity contribution < 1.29 is 107 Å². The number of aliphatic hydroxyl groups is 4. The van der Waals surface area contributed by atoms with E-state index in [1.165, 1.54) is 6.08 Å². The molecule has 4 amide bonds. The van der Waals surface area contributed by atoms with Crippen molar-refractivity contribution in [1.82, 2.24) is 20.9 Å². The number of nitrogens with one attached hydrogen (secondary N) is 3. The van der Waals surface area contributed by atoms with Crippen LogP contribution in [0.1, 0.15) is 46.5 Å². The van der Waals surface area contributed by atoms with Crippen molar-refractivity contribution in [3.05, 3.63) is 23.7 Å². The largest absolute Gasteiger partial charge is 0.479 e. The van der Waals surface area contributed by atoms with Crippen LogP contribution in [-0.4, -0.2) is 257 Å². The van der Waals surface area contributed by atoms with E-state index in [2.05, 4.69) is 25.9 Å². The zero-order valence-electron chi connectivity index (χ0n) is 44.9. The number of aliphatic imine (C=N–C) groups is 2. The molecule has 0 saturated carbocycles. The Bertz CT molecular complexity index is 1980. The van der Waals surface area contributed by atoms with Crippen LogP contribution in [-0.2, 0) is 66.5 Å². The summed E-state index contributed by atoms with van der Waals surface area (Å²) < 4.78 is 55.0. The van der Waals surface area contributed by atoms with Gasteiger partial charge in [0.15, 0.2) is 30.2 Å². The van der Waals surface area contributed by atoms with Crippen molar-refractivity contribution >= 4 is 47.9 Å². The van der Waals surface area contributed by atoms with Crippen molar-refractivity contribution in [2.75, 3.05) is 119 Å². The third-order valence-corrected chi connectivity index (χ3v) is 11.4. The number of carboxylic acids is 2. The lowest BCUT2D eigenvalue weighted by atomic mass is 9.87. The maximum atomic E-state index is 13.4. The fraction of sp³-hybridized carbons (Fsp3) is 0.745. The number of nitrogens with two attached hydrogens (primary N) is 4. The molecule has 0 unspecified atom stereocenters. The number of carbonyl (C=O) groups is 6. The van der Waals surface area contributed by atoms with E-state index < -0.39 is 121 Å². The number of aliphatic hydroxyl groups excluding tert-OH is 4. The topological polar surface area (TPSA) is 484 Å². The maximum Gasteiger partial charge on any atom is 0.407 e. The van der Waals surface area contributed by atoms with Gasteiger partial charge in [0.25, 0.3) is 0 Å². The number of hydrogen-bond acceptors (Lipinski definition) is 22. The molecule has 10 atom stereocenters. The van der Waals surface area contributed by atoms with E-state index in [4.69, 9.17) is 70.3 Å². The highest BCUT2D eigenvalue weighted by Crippen LogP contribution is 2.31. The summed E-state index contributed by atoms with van der Waals surface area (Å²) in [6.07, 6.45) is -8.02. The number of rotatable bonds is 41. The molecule has 79 heavy (non-hydrogen) atoms. The number of amides is 4. The van der Waals surface area contributed by atoms with Crippen LogP contribution in [0.25, 0.3) is 0 Å². The minimum atomic E-state index is -1.83. The quantitative estimate of drug-likeness (QED) is 0.0156. The molecule has 0 aromatic carbocycles. The number of nitrogens with zero attached hydrogens (tertiary/aromatic N) is 3. The summed E-state index contributed by atoms with van der Waals surface area (Å²) >= 11 is 0. The number of hydrogen-bond donors (Lipinski definition) is 13. The fourth-order valence-corrected chi connectivity index (χ4v) is 7.60. The Morgan fingerprint density at radius 2 is 1.09 bits per heavy atom. The van der Waals surface area contributed by atoms with E-state index in [-0.39, 0.29) is 90.7 Å². The Morgan fingerprint density at radius 3 is 1.59 bits per heavy atom. The van der Waals surface area contributed by atoms with Crippen molar-refractivity contribution in [2.24, 2.45) is 38.8 Å². The lowest BCUT2D eigenvalue weighted by Gasteiger charge is -2.39. The molecule has 32 heteroatoms. The predicted molar refractivity (Wildman–Crippen MR) is 276 cm³/mol. The molecule has 0 aromatic heterocycles. The lowest BCUT2D eigenvalue weighted by molar-refractivity contribution is -0.147. The molecule has 0 spiro atoms. The van der Waals surface area contributed by atoms with Crippen molar-refractivity contribution in [3.63, 3.8) is 0 Å². The van der Waals surface area contributed by atoms with Crippen molar-refractivity contribution in [3.8, 4) is 0 Å². The molecule has 2 heterocycles. The Kier molecular flexibility index (Phi) is 34.0. The second-order valence-corrected chi connectivity index (χ2v) is 17.6. The molecular formula is C47H82N10O22. The third-order valence-electron chi connectivity index (χ3n) is 11.4. The van der Waals surface area contributed by atoms with Gasteiger partial charge in [0, 0.05) is 45.6 Å². The number of alkyl carbamates (subject to hydrolysis) is 2.